The maximum absolute atomic E-state index is 6.16. The SMILES string of the molecule is CCC[C@@H](C)Oc1nc(N)c2ccn(Cc3ccc(CN4CCCC4)cc3)c2n1. The molecule has 29 heavy (non-hydrogen) atoms. The van der Waals surface area contributed by atoms with Crippen LogP contribution < -0.4 is 10.5 Å². The number of aromatic nitrogens is 3. The van der Waals surface area contributed by atoms with Gasteiger partial charge >= 0.3 is 6.01 Å². The van der Waals surface area contributed by atoms with Crippen LogP contribution in [0.25, 0.3) is 11.0 Å². The minimum absolute atomic E-state index is 0.0726. The number of fused-ring (bicyclic) bond motifs is 1. The fourth-order valence-corrected chi connectivity index (χ4v) is 4.04. The molecule has 1 aliphatic rings. The topological polar surface area (TPSA) is 69.2 Å². The molecule has 1 fully saturated rings. The minimum atomic E-state index is 0.0726. The molecular weight excluding hydrogens is 362 g/mol. The number of nitrogens with two attached hydrogens (primary N) is 1. The molecule has 3 aromatic rings. The summed E-state index contributed by atoms with van der Waals surface area (Å²) in [5.41, 5.74) is 9.60. The summed E-state index contributed by atoms with van der Waals surface area (Å²) in [4.78, 5) is 11.5. The zero-order valence-electron chi connectivity index (χ0n) is 17.5. The van der Waals surface area contributed by atoms with Crippen LogP contribution in [0.4, 0.5) is 5.82 Å². The molecule has 3 heterocycles. The zero-order chi connectivity index (χ0) is 20.2. The quantitative estimate of drug-likeness (QED) is 0.620. The smallest absolute Gasteiger partial charge is 0.320 e. The molecule has 0 spiro atoms. The number of likely N-dealkylation sites (tertiary alicyclic amines) is 1. The van der Waals surface area contributed by atoms with E-state index < -0.39 is 0 Å². The number of hydrogen-bond acceptors (Lipinski definition) is 5. The number of rotatable bonds is 8. The van der Waals surface area contributed by atoms with Gasteiger partial charge in [0.2, 0.25) is 0 Å². The molecule has 6 nitrogen and oxygen atoms in total. The number of hydrogen-bond donors (Lipinski definition) is 1. The van der Waals surface area contributed by atoms with Gasteiger partial charge in [-0.25, -0.2) is 0 Å². The summed E-state index contributed by atoms with van der Waals surface area (Å²) in [6, 6.07) is 11.2. The van der Waals surface area contributed by atoms with Crippen LogP contribution in [0.3, 0.4) is 0 Å². The molecule has 0 bridgehead atoms. The maximum atomic E-state index is 6.16. The van der Waals surface area contributed by atoms with Gasteiger partial charge in [0.05, 0.1) is 11.5 Å². The highest BCUT2D eigenvalue weighted by Gasteiger charge is 2.14. The number of anilines is 1. The average molecular weight is 394 g/mol. The van der Waals surface area contributed by atoms with Crippen molar-refractivity contribution in [2.75, 3.05) is 18.8 Å². The van der Waals surface area contributed by atoms with E-state index in [4.69, 9.17) is 10.5 Å². The Morgan fingerprint density at radius 3 is 2.41 bits per heavy atom. The summed E-state index contributed by atoms with van der Waals surface area (Å²) in [6.45, 7) is 8.41. The first-order valence-corrected chi connectivity index (χ1v) is 10.7. The molecule has 6 heteroatoms. The Balaban J connectivity index is 1.50. The third-order valence-electron chi connectivity index (χ3n) is 5.61. The summed E-state index contributed by atoms with van der Waals surface area (Å²) >= 11 is 0. The predicted octanol–water partition coefficient (Wildman–Crippen LogP) is 4.23. The fourth-order valence-electron chi connectivity index (χ4n) is 4.04. The Labute approximate surface area is 172 Å². The number of nitrogen functional groups attached to an aromatic ring is 1. The van der Waals surface area contributed by atoms with E-state index in [1.54, 1.807) is 0 Å². The van der Waals surface area contributed by atoms with Crippen molar-refractivity contribution in [1.82, 2.24) is 19.4 Å². The van der Waals surface area contributed by atoms with E-state index in [9.17, 15) is 0 Å². The number of benzene rings is 1. The van der Waals surface area contributed by atoms with Gasteiger partial charge in [0, 0.05) is 19.3 Å². The summed E-state index contributed by atoms with van der Waals surface area (Å²) in [7, 11) is 0. The fraction of sp³-hybridized carbons (Fsp3) is 0.478. The zero-order valence-corrected chi connectivity index (χ0v) is 17.5. The maximum Gasteiger partial charge on any atom is 0.320 e. The van der Waals surface area contributed by atoms with E-state index in [0.717, 1.165) is 37.0 Å². The predicted molar refractivity (Wildman–Crippen MR) is 117 cm³/mol. The van der Waals surface area contributed by atoms with Crippen molar-refractivity contribution in [1.29, 1.82) is 0 Å². The second kappa shape index (κ2) is 8.82. The lowest BCUT2D eigenvalue weighted by atomic mass is 10.1. The Kier molecular flexibility index (Phi) is 6.00. The third-order valence-corrected chi connectivity index (χ3v) is 5.61. The molecule has 0 amide bonds. The van der Waals surface area contributed by atoms with Crippen molar-refractivity contribution < 1.29 is 4.74 Å². The van der Waals surface area contributed by atoms with E-state index in [-0.39, 0.29) is 6.10 Å². The first-order chi connectivity index (χ1) is 14.1. The highest BCUT2D eigenvalue weighted by Crippen LogP contribution is 2.24. The van der Waals surface area contributed by atoms with Crippen LogP contribution in [-0.2, 0) is 13.1 Å². The van der Waals surface area contributed by atoms with Crippen LogP contribution >= 0.6 is 0 Å². The van der Waals surface area contributed by atoms with Gasteiger partial charge in [-0.1, -0.05) is 37.6 Å². The van der Waals surface area contributed by atoms with Crippen LogP contribution in [0.5, 0.6) is 6.01 Å². The van der Waals surface area contributed by atoms with Crippen molar-refractivity contribution in [3.63, 3.8) is 0 Å². The second-order valence-electron chi connectivity index (χ2n) is 8.09. The Bertz CT molecular complexity index is 944. The Morgan fingerprint density at radius 2 is 1.72 bits per heavy atom. The van der Waals surface area contributed by atoms with Gasteiger partial charge in [0.15, 0.2) is 0 Å². The number of ether oxygens (including phenoxy) is 1. The highest BCUT2D eigenvalue weighted by molar-refractivity contribution is 5.86. The average Bonchev–Trinajstić information content (AvgIpc) is 3.34. The molecule has 0 unspecified atom stereocenters. The van der Waals surface area contributed by atoms with Gasteiger partial charge in [-0.15, -0.1) is 0 Å². The van der Waals surface area contributed by atoms with Gasteiger partial charge in [0.1, 0.15) is 11.5 Å². The van der Waals surface area contributed by atoms with Crippen LogP contribution in [0.15, 0.2) is 36.5 Å². The molecule has 0 radical (unpaired) electrons. The van der Waals surface area contributed by atoms with E-state index in [1.807, 2.05) is 19.2 Å². The highest BCUT2D eigenvalue weighted by atomic mass is 16.5. The molecule has 0 saturated carbocycles. The van der Waals surface area contributed by atoms with Crippen LogP contribution in [0.2, 0.25) is 0 Å². The summed E-state index contributed by atoms with van der Waals surface area (Å²) in [6.07, 6.45) is 6.77. The van der Waals surface area contributed by atoms with Gasteiger partial charge in [-0.05, 0) is 56.5 Å². The van der Waals surface area contributed by atoms with Crippen molar-refractivity contribution >= 4 is 16.9 Å². The Morgan fingerprint density at radius 1 is 1.03 bits per heavy atom. The van der Waals surface area contributed by atoms with E-state index in [2.05, 4.69) is 50.6 Å². The molecule has 4 rings (SSSR count). The lowest BCUT2D eigenvalue weighted by molar-refractivity contribution is 0.193. The van der Waals surface area contributed by atoms with Gasteiger partial charge < -0.3 is 15.0 Å². The largest absolute Gasteiger partial charge is 0.460 e. The third kappa shape index (κ3) is 4.70. The molecule has 1 aromatic carbocycles. The summed E-state index contributed by atoms with van der Waals surface area (Å²) < 4.78 is 7.99. The molecule has 2 aromatic heterocycles. The van der Waals surface area contributed by atoms with Crippen molar-refractivity contribution in [3.05, 3.63) is 47.7 Å². The standard InChI is InChI=1S/C23H31N5O/c1-3-6-17(2)29-23-25-21(24)20-11-14-28(22(20)26-23)16-19-9-7-18(8-10-19)15-27-12-4-5-13-27/h7-11,14,17H,3-6,12-13,15-16H2,1-2H3,(H2,24,25,26)/t17-/m1/s1. The first kappa shape index (κ1) is 19.7. The molecule has 2 N–H and O–H groups in total. The van der Waals surface area contributed by atoms with E-state index >= 15 is 0 Å². The molecular formula is C23H31N5O. The van der Waals surface area contributed by atoms with Crippen LogP contribution in [0, 0.1) is 0 Å². The van der Waals surface area contributed by atoms with Gasteiger partial charge in [-0.2, -0.15) is 9.97 Å². The lowest BCUT2D eigenvalue weighted by Gasteiger charge is -2.15. The first-order valence-electron chi connectivity index (χ1n) is 10.7. The molecule has 1 atom stereocenters. The second-order valence-corrected chi connectivity index (χ2v) is 8.09. The molecule has 1 aliphatic heterocycles. The van der Waals surface area contributed by atoms with Crippen molar-refractivity contribution in [3.8, 4) is 6.01 Å². The molecule has 0 aliphatic carbocycles. The van der Waals surface area contributed by atoms with Crippen LogP contribution in [0.1, 0.15) is 50.7 Å². The summed E-state index contributed by atoms with van der Waals surface area (Å²) in [5, 5.41) is 0.867. The number of nitrogens with zero attached hydrogens (tertiary/aromatic N) is 4. The van der Waals surface area contributed by atoms with Crippen molar-refractivity contribution in [2.45, 2.75) is 58.7 Å². The van der Waals surface area contributed by atoms with Crippen molar-refractivity contribution in [2.24, 2.45) is 0 Å². The van der Waals surface area contributed by atoms with Crippen LogP contribution in [-0.4, -0.2) is 38.6 Å². The molecule has 1 saturated heterocycles. The Hall–Kier alpha value is -2.60. The lowest BCUT2D eigenvalue weighted by Crippen LogP contribution is -2.18. The van der Waals surface area contributed by atoms with Gasteiger partial charge in [-0.3, -0.25) is 4.90 Å². The normalized spacial score (nSPS) is 15.8. The van der Waals surface area contributed by atoms with E-state index in [0.29, 0.717) is 11.8 Å². The van der Waals surface area contributed by atoms with Gasteiger partial charge in [0.25, 0.3) is 0 Å². The van der Waals surface area contributed by atoms with E-state index in [1.165, 1.54) is 37.1 Å². The summed E-state index contributed by atoms with van der Waals surface area (Å²) in [5.74, 6) is 0.466. The molecule has 154 valence electrons. The minimum Gasteiger partial charge on any atom is -0.460 e. The monoisotopic (exact) mass is 393 g/mol.